The molecule has 1 aliphatic heterocycles. The lowest BCUT2D eigenvalue weighted by Crippen LogP contribution is -2.52. The van der Waals surface area contributed by atoms with Crippen molar-refractivity contribution in [3.63, 3.8) is 0 Å². The Bertz CT molecular complexity index is 304. The average molecular weight is 239 g/mol. The van der Waals surface area contributed by atoms with E-state index in [4.69, 9.17) is 5.14 Å². The van der Waals surface area contributed by atoms with E-state index in [1.165, 1.54) is 18.2 Å². The first-order valence-corrected chi connectivity index (χ1v) is 6.38. The Morgan fingerprint density at radius 3 is 2.07 bits per heavy atom. The summed E-state index contributed by atoms with van der Waals surface area (Å²) in [5.41, 5.74) is -1.25. The molecule has 90 valence electrons. The Labute approximate surface area is 90.2 Å². The lowest BCUT2D eigenvalue weighted by molar-refractivity contribution is 0.0991. The second kappa shape index (κ2) is 4.32. The highest BCUT2D eigenvalue weighted by Gasteiger charge is 2.27. The zero-order valence-electron chi connectivity index (χ0n) is 9.11. The van der Waals surface area contributed by atoms with Crippen LogP contribution in [0.1, 0.15) is 13.8 Å². The number of nitrogens with two attached hydrogens (primary N) is 1. The zero-order chi connectivity index (χ0) is 11.7. The first-order valence-electron chi connectivity index (χ1n) is 4.88. The molecule has 0 spiro atoms. The Balaban J connectivity index is 2.43. The van der Waals surface area contributed by atoms with Gasteiger partial charge in [0.2, 0.25) is 0 Å². The van der Waals surface area contributed by atoms with Gasteiger partial charge in [-0.3, -0.25) is 4.90 Å². The van der Waals surface area contributed by atoms with Crippen molar-refractivity contribution in [2.75, 3.05) is 32.7 Å². The molecular weight excluding hydrogens is 221 g/mol. The van der Waals surface area contributed by atoms with Gasteiger partial charge in [0.25, 0.3) is 10.2 Å². The zero-order valence-corrected chi connectivity index (χ0v) is 9.93. The molecule has 15 heavy (non-hydrogen) atoms. The largest absolute Gasteiger partial charge is 0.298 e. The van der Waals surface area contributed by atoms with E-state index in [2.05, 4.69) is 0 Å². The molecule has 0 saturated carbocycles. The van der Waals surface area contributed by atoms with Crippen LogP contribution in [0.15, 0.2) is 0 Å². The fourth-order valence-corrected chi connectivity index (χ4v) is 2.35. The van der Waals surface area contributed by atoms with Crippen LogP contribution < -0.4 is 5.14 Å². The molecule has 0 amide bonds. The molecule has 2 N–H and O–H groups in total. The van der Waals surface area contributed by atoms with Crippen molar-refractivity contribution in [1.82, 2.24) is 9.21 Å². The van der Waals surface area contributed by atoms with Crippen LogP contribution in [0.3, 0.4) is 0 Å². The monoisotopic (exact) mass is 239 g/mol. The van der Waals surface area contributed by atoms with Crippen molar-refractivity contribution in [3.8, 4) is 0 Å². The number of alkyl halides is 1. The van der Waals surface area contributed by atoms with Gasteiger partial charge >= 0.3 is 0 Å². The minimum atomic E-state index is -3.58. The van der Waals surface area contributed by atoms with Crippen molar-refractivity contribution < 1.29 is 12.8 Å². The molecular formula is C8H18FN3O2S. The number of rotatable bonds is 3. The average Bonchev–Trinajstić information content (AvgIpc) is 2.00. The number of halogens is 1. The van der Waals surface area contributed by atoms with Crippen LogP contribution in [0.2, 0.25) is 0 Å². The summed E-state index contributed by atoms with van der Waals surface area (Å²) in [6, 6.07) is 0. The lowest BCUT2D eigenvalue weighted by Gasteiger charge is -2.35. The van der Waals surface area contributed by atoms with Gasteiger partial charge in [0.05, 0.1) is 0 Å². The molecule has 7 heteroatoms. The molecule has 0 radical (unpaired) electrons. The van der Waals surface area contributed by atoms with Gasteiger partial charge < -0.3 is 0 Å². The standard InChI is InChI=1S/C8H18FN3O2S/c1-8(2,9)7-11-3-5-12(6-4-11)15(10,13)14/h3-7H2,1-2H3,(H2,10,13,14). The van der Waals surface area contributed by atoms with Crippen molar-refractivity contribution in [2.24, 2.45) is 5.14 Å². The maximum absolute atomic E-state index is 13.3. The molecule has 1 aliphatic rings. The van der Waals surface area contributed by atoms with Crippen LogP contribution in [0.25, 0.3) is 0 Å². The van der Waals surface area contributed by atoms with Gasteiger partial charge in [-0.2, -0.15) is 12.7 Å². The quantitative estimate of drug-likeness (QED) is 0.726. The first-order chi connectivity index (χ1) is 6.68. The molecule has 0 atom stereocenters. The van der Waals surface area contributed by atoms with E-state index < -0.39 is 15.9 Å². The second-order valence-electron chi connectivity index (χ2n) is 4.44. The van der Waals surface area contributed by atoms with E-state index in [0.29, 0.717) is 32.7 Å². The van der Waals surface area contributed by atoms with Gasteiger partial charge in [0.15, 0.2) is 0 Å². The van der Waals surface area contributed by atoms with Gasteiger partial charge in [-0.25, -0.2) is 9.53 Å². The van der Waals surface area contributed by atoms with Gasteiger partial charge in [-0.05, 0) is 13.8 Å². The third kappa shape index (κ3) is 4.42. The topological polar surface area (TPSA) is 66.6 Å². The summed E-state index contributed by atoms with van der Waals surface area (Å²) in [4.78, 5) is 1.90. The van der Waals surface area contributed by atoms with Crippen molar-refractivity contribution in [2.45, 2.75) is 19.5 Å². The normalized spacial score (nSPS) is 21.9. The van der Waals surface area contributed by atoms with E-state index in [-0.39, 0.29) is 0 Å². The molecule has 1 rings (SSSR count). The summed E-state index contributed by atoms with van der Waals surface area (Å²) in [6.45, 7) is 5.10. The smallest absolute Gasteiger partial charge is 0.276 e. The summed E-state index contributed by atoms with van der Waals surface area (Å²) < 4.78 is 36.5. The Morgan fingerprint density at radius 2 is 1.73 bits per heavy atom. The third-order valence-electron chi connectivity index (χ3n) is 2.29. The van der Waals surface area contributed by atoms with Crippen LogP contribution >= 0.6 is 0 Å². The van der Waals surface area contributed by atoms with E-state index >= 15 is 0 Å². The van der Waals surface area contributed by atoms with Crippen molar-refractivity contribution in [3.05, 3.63) is 0 Å². The van der Waals surface area contributed by atoms with Crippen molar-refractivity contribution in [1.29, 1.82) is 0 Å². The summed E-state index contributed by atoms with van der Waals surface area (Å²) in [6.07, 6.45) is 0. The maximum Gasteiger partial charge on any atom is 0.276 e. The number of hydrogen-bond acceptors (Lipinski definition) is 3. The van der Waals surface area contributed by atoms with E-state index in [1.54, 1.807) is 0 Å². The minimum absolute atomic E-state index is 0.325. The van der Waals surface area contributed by atoms with Crippen LogP contribution in [0.4, 0.5) is 4.39 Å². The van der Waals surface area contributed by atoms with Crippen LogP contribution in [-0.4, -0.2) is 56.0 Å². The number of nitrogens with zero attached hydrogens (tertiary/aromatic N) is 2. The molecule has 5 nitrogen and oxygen atoms in total. The summed E-state index contributed by atoms with van der Waals surface area (Å²) in [5, 5.41) is 4.99. The molecule has 0 aromatic heterocycles. The Morgan fingerprint density at radius 1 is 1.27 bits per heavy atom. The summed E-state index contributed by atoms with van der Waals surface area (Å²) in [7, 11) is -3.58. The first kappa shape index (κ1) is 12.8. The summed E-state index contributed by atoms with van der Waals surface area (Å²) >= 11 is 0. The van der Waals surface area contributed by atoms with Crippen LogP contribution in [0.5, 0.6) is 0 Å². The molecule has 0 aromatic carbocycles. The maximum atomic E-state index is 13.3. The van der Waals surface area contributed by atoms with E-state index in [0.717, 1.165) is 0 Å². The van der Waals surface area contributed by atoms with Gasteiger partial charge in [0.1, 0.15) is 5.67 Å². The molecule has 0 unspecified atom stereocenters. The Kier molecular flexibility index (Phi) is 3.70. The molecule has 1 saturated heterocycles. The minimum Gasteiger partial charge on any atom is -0.298 e. The number of piperazine rings is 1. The van der Waals surface area contributed by atoms with Gasteiger partial charge in [-0.1, -0.05) is 0 Å². The van der Waals surface area contributed by atoms with Crippen LogP contribution in [-0.2, 0) is 10.2 Å². The predicted molar refractivity (Wildman–Crippen MR) is 56.3 cm³/mol. The lowest BCUT2D eigenvalue weighted by atomic mass is 10.1. The number of hydrogen-bond donors (Lipinski definition) is 1. The molecule has 0 aromatic rings. The molecule has 1 heterocycles. The molecule has 0 bridgehead atoms. The highest BCUT2D eigenvalue weighted by molar-refractivity contribution is 7.86. The van der Waals surface area contributed by atoms with E-state index in [1.807, 2.05) is 4.90 Å². The highest BCUT2D eigenvalue weighted by Crippen LogP contribution is 2.13. The van der Waals surface area contributed by atoms with Gasteiger partial charge in [0, 0.05) is 32.7 Å². The summed E-state index contributed by atoms with van der Waals surface area (Å²) in [5.74, 6) is 0. The van der Waals surface area contributed by atoms with E-state index in [9.17, 15) is 12.8 Å². The second-order valence-corrected chi connectivity index (χ2v) is 5.99. The highest BCUT2D eigenvalue weighted by atomic mass is 32.2. The Hall–Kier alpha value is -0.240. The predicted octanol–water partition coefficient (Wildman–Crippen LogP) is -0.444. The molecule has 0 aliphatic carbocycles. The van der Waals surface area contributed by atoms with Gasteiger partial charge in [-0.15, -0.1) is 0 Å². The fraction of sp³-hybridized carbons (Fsp3) is 1.00. The molecule has 1 fully saturated rings. The van der Waals surface area contributed by atoms with Crippen LogP contribution in [0, 0.1) is 0 Å². The SMILES string of the molecule is CC(C)(F)CN1CCN(S(N)(=O)=O)CC1. The van der Waals surface area contributed by atoms with Crippen molar-refractivity contribution >= 4 is 10.2 Å². The third-order valence-corrected chi connectivity index (χ3v) is 3.38. The fourth-order valence-electron chi connectivity index (χ4n) is 1.67.